The highest BCUT2D eigenvalue weighted by molar-refractivity contribution is 8.15. The van der Waals surface area contributed by atoms with E-state index in [1.807, 2.05) is 12.1 Å². The first-order chi connectivity index (χ1) is 19.8. The zero-order chi connectivity index (χ0) is 30.5. The van der Waals surface area contributed by atoms with E-state index < -0.39 is 34.4 Å². The number of hydrogen-bond acceptors (Lipinski definition) is 6. The first-order valence-electron chi connectivity index (χ1n) is 12.3. The largest absolute Gasteiger partial charge is 0.497 e. The van der Waals surface area contributed by atoms with Gasteiger partial charge in [-0.3, -0.25) is 14.5 Å². The van der Waals surface area contributed by atoms with E-state index in [4.69, 9.17) is 16.3 Å². The van der Waals surface area contributed by atoms with Crippen molar-refractivity contribution in [1.29, 1.82) is 0 Å². The second-order valence-electron chi connectivity index (χ2n) is 8.96. The quantitative estimate of drug-likeness (QED) is 0.203. The summed E-state index contributed by atoms with van der Waals surface area (Å²) in [4.78, 5) is 32.0. The summed E-state index contributed by atoms with van der Waals surface area (Å²) in [6.07, 6.45) is -4.40. The highest BCUT2D eigenvalue weighted by Crippen LogP contribution is 2.34. The van der Waals surface area contributed by atoms with E-state index in [1.165, 1.54) is 48.4 Å². The molecule has 1 aliphatic rings. The van der Waals surface area contributed by atoms with E-state index in [9.17, 15) is 31.5 Å². The summed E-state index contributed by atoms with van der Waals surface area (Å²) in [6, 6.07) is 16.5. The number of thioether (sulfide) groups is 1. The minimum atomic E-state index is -4.59. The standard InChI is InChI=1S/C28H23ClF5N3O4S/c1-40-21-9-5-17(6-10-21)13-14-37-24(38)16-23(25(39)35-19-7-11-22(12-8-19)41-28(29,33)34)42-26(37)36-20-4-2-3-18(15-20)27(30,31)32/h2-12,15,23H,13-14,16H2,1H3,(H,35,39)/t23-/m1/s1. The van der Waals surface area contributed by atoms with Crippen molar-refractivity contribution < 1.29 is 41.0 Å². The highest BCUT2D eigenvalue weighted by Gasteiger charge is 2.36. The molecule has 1 atom stereocenters. The molecule has 222 valence electrons. The molecule has 0 aromatic heterocycles. The Morgan fingerprint density at radius 2 is 1.71 bits per heavy atom. The van der Waals surface area contributed by atoms with E-state index >= 15 is 0 Å². The Kier molecular flexibility index (Phi) is 9.62. The van der Waals surface area contributed by atoms with Crippen molar-refractivity contribution in [3.63, 3.8) is 0 Å². The number of benzene rings is 3. The average molecular weight is 628 g/mol. The molecular formula is C28H23ClF5N3O4S. The van der Waals surface area contributed by atoms with Gasteiger partial charge in [0.05, 0.1) is 18.4 Å². The lowest BCUT2D eigenvalue weighted by atomic mass is 10.1. The number of hydrogen-bond donors (Lipinski definition) is 1. The van der Waals surface area contributed by atoms with Crippen LogP contribution in [0.2, 0.25) is 0 Å². The van der Waals surface area contributed by atoms with Gasteiger partial charge in [0.2, 0.25) is 11.8 Å². The SMILES string of the molecule is COc1ccc(CCN2C(=O)C[C@H](C(=O)Nc3ccc(OC(F)(F)Cl)cc3)SC2=Nc2cccc(C(F)(F)F)c2)cc1. The average Bonchev–Trinajstić information content (AvgIpc) is 2.93. The number of carbonyl (C=O) groups is 2. The number of nitrogens with zero attached hydrogens (tertiary/aromatic N) is 2. The molecule has 1 heterocycles. The highest BCUT2D eigenvalue weighted by atomic mass is 35.5. The Balaban J connectivity index is 1.55. The summed E-state index contributed by atoms with van der Waals surface area (Å²) in [5.41, 5.74) is -3.74. The molecule has 7 nitrogen and oxygen atoms in total. The van der Waals surface area contributed by atoms with Gasteiger partial charge < -0.3 is 14.8 Å². The van der Waals surface area contributed by atoms with Crippen molar-refractivity contribution in [3.8, 4) is 11.5 Å². The molecule has 1 fully saturated rings. The molecule has 4 rings (SSSR count). The first-order valence-corrected chi connectivity index (χ1v) is 13.6. The number of aliphatic imine (C=N–C) groups is 1. The van der Waals surface area contributed by atoms with Crippen LogP contribution in [0.15, 0.2) is 77.8 Å². The van der Waals surface area contributed by atoms with Crippen LogP contribution < -0.4 is 14.8 Å². The van der Waals surface area contributed by atoms with E-state index in [-0.39, 0.29) is 35.3 Å². The van der Waals surface area contributed by atoms with Crippen molar-refractivity contribution in [1.82, 2.24) is 4.90 Å². The first kappa shape index (κ1) is 31.1. The van der Waals surface area contributed by atoms with Gasteiger partial charge >= 0.3 is 11.7 Å². The fourth-order valence-electron chi connectivity index (χ4n) is 3.92. The molecule has 42 heavy (non-hydrogen) atoms. The van der Waals surface area contributed by atoms with Gasteiger partial charge in [0.15, 0.2) is 5.17 Å². The second kappa shape index (κ2) is 13.0. The van der Waals surface area contributed by atoms with Gasteiger partial charge in [-0.15, -0.1) is 8.78 Å². The number of halogens is 6. The minimum Gasteiger partial charge on any atom is -0.497 e. The van der Waals surface area contributed by atoms with Crippen molar-refractivity contribution in [2.75, 3.05) is 19.0 Å². The van der Waals surface area contributed by atoms with Crippen LogP contribution in [-0.2, 0) is 22.2 Å². The molecular weight excluding hydrogens is 605 g/mol. The van der Waals surface area contributed by atoms with Gasteiger partial charge in [-0.05, 0) is 66.6 Å². The maximum atomic E-state index is 13.3. The molecule has 3 aromatic carbocycles. The Morgan fingerprint density at radius 1 is 1.05 bits per heavy atom. The van der Waals surface area contributed by atoms with Crippen LogP contribution in [0, 0.1) is 0 Å². The van der Waals surface area contributed by atoms with Crippen LogP contribution in [0.25, 0.3) is 0 Å². The van der Waals surface area contributed by atoms with E-state index in [2.05, 4.69) is 15.0 Å². The molecule has 14 heteroatoms. The third kappa shape index (κ3) is 8.58. The normalized spacial score (nSPS) is 16.8. The number of rotatable bonds is 9. The molecule has 3 aromatic rings. The summed E-state index contributed by atoms with van der Waals surface area (Å²) in [5, 5.41) is 1.69. The fourth-order valence-corrected chi connectivity index (χ4v) is 5.13. The monoisotopic (exact) mass is 627 g/mol. The number of anilines is 1. The lowest BCUT2D eigenvalue weighted by Gasteiger charge is -2.32. The van der Waals surface area contributed by atoms with Crippen molar-refractivity contribution in [2.45, 2.75) is 29.8 Å². The van der Waals surface area contributed by atoms with E-state index in [1.54, 1.807) is 12.1 Å². The van der Waals surface area contributed by atoms with E-state index in [0.717, 1.165) is 29.5 Å². The second-order valence-corrected chi connectivity index (χ2v) is 10.6. The van der Waals surface area contributed by atoms with Crippen molar-refractivity contribution in [3.05, 3.63) is 83.9 Å². The number of methoxy groups -OCH3 is 1. The molecule has 0 spiro atoms. The Morgan fingerprint density at radius 3 is 2.33 bits per heavy atom. The third-order valence-electron chi connectivity index (χ3n) is 5.97. The molecule has 0 radical (unpaired) electrons. The third-order valence-corrected chi connectivity index (χ3v) is 7.23. The van der Waals surface area contributed by atoms with Crippen molar-refractivity contribution >= 4 is 51.7 Å². The number of ether oxygens (including phenoxy) is 2. The van der Waals surface area contributed by atoms with E-state index in [0.29, 0.717) is 12.2 Å². The summed E-state index contributed by atoms with van der Waals surface area (Å²) >= 11 is 5.69. The maximum Gasteiger partial charge on any atom is 0.487 e. The van der Waals surface area contributed by atoms with Gasteiger partial charge in [-0.25, -0.2) is 4.99 Å². The van der Waals surface area contributed by atoms with Crippen LogP contribution in [0.3, 0.4) is 0 Å². The lowest BCUT2D eigenvalue weighted by Crippen LogP contribution is -2.46. The molecule has 2 amide bonds. The van der Waals surface area contributed by atoms with Crippen LogP contribution in [0.4, 0.5) is 33.3 Å². The summed E-state index contributed by atoms with van der Waals surface area (Å²) < 4.78 is 75.0. The topological polar surface area (TPSA) is 80.2 Å². The number of carbonyl (C=O) groups excluding carboxylic acids is 2. The maximum absolute atomic E-state index is 13.3. The fraction of sp³-hybridized carbons (Fsp3) is 0.250. The molecule has 0 bridgehead atoms. The summed E-state index contributed by atoms with van der Waals surface area (Å²) in [7, 11) is 1.54. The molecule has 0 saturated carbocycles. The zero-order valence-corrected chi connectivity index (χ0v) is 23.4. The predicted octanol–water partition coefficient (Wildman–Crippen LogP) is 7.08. The van der Waals surface area contributed by atoms with Crippen molar-refractivity contribution in [2.24, 2.45) is 4.99 Å². The predicted molar refractivity (Wildman–Crippen MR) is 149 cm³/mol. The minimum absolute atomic E-state index is 0.0395. The van der Waals surface area contributed by atoms with Crippen LogP contribution in [0.5, 0.6) is 11.5 Å². The summed E-state index contributed by atoms with van der Waals surface area (Å²) in [6.45, 7) is 0.164. The van der Waals surface area contributed by atoms with Crippen LogP contribution >= 0.6 is 23.4 Å². The lowest BCUT2D eigenvalue weighted by molar-refractivity contribution is -0.137. The van der Waals surface area contributed by atoms with Crippen LogP contribution in [-0.4, -0.2) is 46.4 Å². The van der Waals surface area contributed by atoms with Gasteiger partial charge in [0.25, 0.3) is 0 Å². The Bertz CT molecular complexity index is 1450. The number of amides is 2. The Hall–Kier alpha value is -3.84. The van der Waals surface area contributed by atoms with Gasteiger partial charge in [0.1, 0.15) is 16.7 Å². The number of amidine groups is 1. The number of nitrogens with one attached hydrogen (secondary N) is 1. The molecule has 1 N–H and O–H groups in total. The molecule has 1 saturated heterocycles. The molecule has 1 aliphatic heterocycles. The van der Waals surface area contributed by atoms with Gasteiger partial charge in [-0.1, -0.05) is 30.0 Å². The molecule has 0 aliphatic carbocycles. The zero-order valence-electron chi connectivity index (χ0n) is 21.8. The smallest absolute Gasteiger partial charge is 0.487 e. The summed E-state index contributed by atoms with van der Waals surface area (Å²) in [5.74, 6) is -0.612. The van der Waals surface area contributed by atoms with Gasteiger partial charge in [-0.2, -0.15) is 13.2 Å². The van der Waals surface area contributed by atoms with Gasteiger partial charge in [0, 0.05) is 30.3 Å². The molecule has 0 unspecified atom stereocenters. The number of alkyl halides is 6. The Labute approximate surface area is 246 Å². The van der Waals surface area contributed by atoms with Crippen LogP contribution in [0.1, 0.15) is 17.5 Å².